The minimum Gasteiger partial charge on any atom is -0.0654 e. The number of hydrogen-bond acceptors (Lipinski definition) is 0. The van der Waals surface area contributed by atoms with E-state index in [4.69, 9.17) is 0 Å². The normalized spacial score (nSPS) is 13.4. The second-order valence-corrected chi connectivity index (χ2v) is 5.45. The molecule has 0 nitrogen and oxygen atoms in total. The smallest absolute Gasteiger partial charge is 0.0417 e. The van der Waals surface area contributed by atoms with Gasteiger partial charge in [-0.2, -0.15) is 0 Å². The van der Waals surface area contributed by atoms with Crippen molar-refractivity contribution in [1.82, 2.24) is 0 Å². The van der Waals surface area contributed by atoms with E-state index in [2.05, 4.69) is 27.7 Å². The van der Waals surface area contributed by atoms with Gasteiger partial charge in [-0.1, -0.05) is 85.5 Å². The molecule has 0 aromatic heterocycles. The van der Waals surface area contributed by atoms with Crippen molar-refractivity contribution in [2.24, 2.45) is 11.8 Å². The van der Waals surface area contributed by atoms with Gasteiger partial charge in [-0.3, -0.25) is 0 Å². The molecule has 0 aliphatic carbocycles. The van der Waals surface area contributed by atoms with Crippen molar-refractivity contribution in [2.45, 2.75) is 85.5 Å². The minimum absolute atomic E-state index is 0.888. The molecule has 0 amide bonds. The van der Waals surface area contributed by atoms with Gasteiger partial charge in [-0.05, 0) is 11.8 Å². The van der Waals surface area contributed by atoms with Crippen molar-refractivity contribution in [2.75, 3.05) is 0 Å². The van der Waals surface area contributed by atoms with Gasteiger partial charge in [0.25, 0.3) is 0 Å². The van der Waals surface area contributed by atoms with Crippen LogP contribution in [0.2, 0.25) is 0 Å². The molecule has 0 saturated carbocycles. The summed E-state index contributed by atoms with van der Waals surface area (Å²) in [7, 11) is 0. The van der Waals surface area contributed by atoms with E-state index >= 15 is 0 Å². The van der Waals surface area contributed by atoms with Crippen molar-refractivity contribution in [3.05, 3.63) is 0 Å². The largest absolute Gasteiger partial charge is 0.0654 e. The highest BCUT2D eigenvalue weighted by Gasteiger charge is 2.06. The van der Waals surface area contributed by atoms with Crippen LogP contribution < -0.4 is 0 Å². The van der Waals surface area contributed by atoms with Crippen LogP contribution in [0.1, 0.15) is 85.5 Å². The summed E-state index contributed by atoms with van der Waals surface area (Å²) in [6, 6.07) is 0. The summed E-state index contributed by atoms with van der Waals surface area (Å²) < 4.78 is 0. The van der Waals surface area contributed by atoms with E-state index in [1.807, 2.05) is 0 Å². The molecule has 0 N–H and O–H groups in total. The molecular weight excluding hydrogens is 180 g/mol. The molecule has 92 valence electrons. The lowest BCUT2D eigenvalue weighted by Gasteiger charge is -2.15. The van der Waals surface area contributed by atoms with Gasteiger partial charge in [0.1, 0.15) is 0 Å². The third-order valence-corrected chi connectivity index (χ3v) is 3.45. The minimum atomic E-state index is 0.888. The van der Waals surface area contributed by atoms with Crippen molar-refractivity contribution >= 4 is 0 Å². The molecule has 0 radical (unpaired) electrons. The first kappa shape index (κ1) is 15.0. The Kier molecular flexibility index (Phi) is 10.5. The Hall–Kier alpha value is 0. The Morgan fingerprint density at radius 3 is 1.93 bits per heavy atom. The maximum Gasteiger partial charge on any atom is -0.0417 e. The molecule has 0 rings (SSSR count). The van der Waals surface area contributed by atoms with Crippen molar-refractivity contribution < 1.29 is 0 Å². The zero-order valence-corrected chi connectivity index (χ0v) is 11.5. The molecule has 0 heteroatoms. The summed E-state index contributed by atoms with van der Waals surface area (Å²) in [5.41, 5.74) is 0. The highest BCUT2D eigenvalue weighted by molar-refractivity contribution is 4.59. The topological polar surface area (TPSA) is 0 Å². The maximum atomic E-state index is 2.36. The van der Waals surface area contributed by atoms with Crippen LogP contribution >= 0.6 is 0 Å². The van der Waals surface area contributed by atoms with E-state index in [1.165, 1.54) is 57.8 Å². The highest BCUT2D eigenvalue weighted by atomic mass is 14.1. The molecule has 0 heterocycles. The second-order valence-electron chi connectivity index (χ2n) is 5.45. The summed E-state index contributed by atoms with van der Waals surface area (Å²) in [5.74, 6) is 1.90. The molecule has 0 saturated heterocycles. The lowest BCUT2D eigenvalue weighted by molar-refractivity contribution is 0.376. The van der Waals surface area contributed by atoms with Gasteiger partial charge in [0.2, 0.25) is 0 Å². The van der Waals surface area contributed by atoms with Gasteiger partial charge >= 0.3 is 0 Å². The van der Waals surface area contributed by atoms with Crippen LogP contribution in [0.3, 0.4) is 0 Å². The monoisotopic (exact) mass is 212 g/mol. The number of hydrogen-bond donors (Lipinski definition) is 0. The standard InChI is InChI=1S/C15H32/c1-5-7-8-9-10-11-15(6-2)13-12-14(3)4/h14-15H,5-13H2,1-4H3. The Bertz CT molecular complexity index is 115. The van der Waals surface area contributed by atoms with E-state index in [9.17, 15) is 0 Å². The van der Waals surface area contributed by atoms with E-state index in [1.54, 1.807) is 0 Å². The van der Waals surface area contributed by atoms with Gasteiger partial charge in [0.05, 0.1) is 0 Å². The van der Waals surface area contributed by atoms with E-state index in [0.29, 0.717) is 0 Å². The zero-order valence-electron chi connectivity index (χ0n) is 11.5. The first-order valence-electron chi connectivity index (χ1n) is 7.20. The van der Waals surface area contributed by atoms with E-state index in [0.717, 1.165) is 11.8 Å². The fraction of sp³-hybridized carbons (Fsp3) is 1.00. The average molecular weight is 212 g/mol. The first-order chi connectivity index (χ1) is 7.20. The molecule has 0 bridgehead atoms. The number of rotatable bonds is 10. The van der Waals surface area contributed by atoms with Gasteiger partial charge in [-0.15, -0.1) is 0 Å². The summed E-state index contributed by atoms with van der Waals surface area (Å²) in [6.07, 6.45) is 12.9. The van der Waals surface area contributed by atoms with E-state index < -0.39 is 0 Å². The van der Waals surface area contributed by atoms with Crippen LogP contribution in [-0.2, 0) is 0 Å². The van der Waals surface area contributed by atoms with Crippen LogP contribution in [0.5, 0.6) is 0 Å². The fourth-order valence-corrected chi connectivity index (χ4v) is 2.16. The third-order valence-electron chi connectivity index (χ3n) is 3.45. The Balaban J connectivity index is 3.36. The van der Waals surface area contributed by atoms with Crippen LogP contribution in [0.15, 0.2) is 0 Å². The zero-order chi connectivity index (χ0) is 11.5. The molecule has 0 spiro atoms. The molecule has 1 atom stereocenters. The Labute approximate surface area is 97.8 Å². The SMILES string of the molecule is CCCCCCCC(CC)CCC(C)C. The molecule has 15 heavy (non-hydrogen) atoms. The van der Waals surface area contributed by atoms with Crippen LogP contribution in [0.4, 0.5) is 0 Å². The van der Waals surface area contributed by atoms with Gasteiger partial charge in [-0.25, -0.2) is 0 Å². The maximum absolute atomic E-state index is 2.36. The van der Waals surface area contributed by atoms with Crippen LogP contribution in [0, 0.1) is 11.8 Å². The molecular formula is C15H32. The molecule has 1 unspecified atom stereocenters. The molecule has 0 aliphatic rings. The van der Waals surface area contributed by atoms with Crippen LogP contribution in [0.25, 0.3) is 0 Å². The summed E-state index contributed by atoms with van der Waals surface area (Å²) >= 11 is 0. The van der Waals surface area contributed by atoms with Gasteiger partial charge in [0.15, 0.2) is 0 Å². The van der Waals surface area contributed by atoms with E-state index in [-0.39, 0.29) is 0 Å². The second kappa shape index (κ2) is 10.5. The highest BCUT2D eigenvalue weighted by Crippen LogP contribution is 2.21. The van der Waals surface area contributed by atoms with Crippen molar-refractivity contribution in [3.8, 4) is 0 Å². The lowest BCUT2D eigenvalue weighted by atomic mass is 9.91. The molecule has 0 aromatic carbocycles. The first-order valence-corrected chi connectivity index (χ1v) is 7.20. The molecule has 0 fully saturated rings. The predicted molar refractivity (Wildman–Crippen MR) is 71.2 cm³/mol. The number of unbranched alkanes of at least 4 members (excludes halogenated alkanes) is 4. The summed E-state index contributed by atoms with van der Waals surface area (Å²) in [6.45, 7) is 9.33. The summed E-state index contributed by atoms with van der Waals surface area (Å²) in [5, 5.41) is 0. The van der Waals surface area contributed by atoms with Crippen LogP contribution in [-0.4, -0.2) is 0 Å². The molecule has 0 aliphatic heterocycles. The van der Waals surface area contributed by atoms with Crippen molar-refractivity contribution in [3.63, 3.8) is 0 Å². The summed E-state index contributed by atoms with van der Waals surface area (Å²) in [4.78, 5) is 0. The predicted octanol–water partition coefficient (Wildman–Crippen LogP) is 5.81. The quantitative estimate of drug-likeness (QED) is 0.401. The van der Waals surface area contributed by atoms with Gasteiger partial charge in [0, 0.05) is 0 Å². The Morgan fingerprint density at radius 1 is 0.733 bits per heavy atom. The average Bonchev–Trinajstić information content (AvgIpc) is 2.22. The fourth-order valence-electron chi connectivity index (χ4n) is 2.16. The molecule has 0 aromatic rings. The third kappa shape index (κ3) is 10.3. The lowest BCUT2D eigenvalue weighted by Crippen LogP contribution is -2.01. The van der Waals surface area contributed by atoms with Gasteiger partial charge < -0.3 is 0 Å². The Morgan fingerprint density at radius 2 is 1.40 bits per heavy atom. The van der Waals surface area contributed by atoms with Crippen molar-refractivity contribution in [1.29, 1.82) is 0 Å².